The predicted molar refractivity (Wildman–Crippen MR) is 91.1 cm³/mol. The summed E-state index contributed by atoms with van der Waals surface area (Å²) in [5.74, 6) is 1.73. The van der Waals surface area contributed by atoms with Crippen LogP contribution in [0.15, 0.2) is 64.3 Å². The van der Waals surface area contributed by atoms with Gasteiger partial charge < -0.3 is 4.52 Å². The first kappa shape index (κ1) is 15.5. The summed E-state index contributed by atoms with van der Waals surface area (Å²) in [6.45, 7) is 0. The summed E-state index contributed by atoms with van der Waals surface area (Å²) in [5.41, 5.74) is 1.67. The van der Waals surface area contributed by atoms with Crippen molar-refractivity contribution < 1.29 is 8.91 Å². The van der Waals surface area contributed by atoms with Crippen LogP contribution in [-0.2, 0) is 5.75 Å². The van der Waals surface area contributed by atoms with Gasteiger partial charge in [0.25, 0.3) is 0 Å². The molecule has 0 aliphatic rings. The van der Waals surface area contributed by atoms with Crippen LogP contribution < -0.4 is 0 Å². The maximum Gasteiger partial charge on any atom is 0.237 e. The summed E-state index contributed by atoms with van der Waals surface area (Å²) in [6.07, 6.45) is 0. The van der Waals surface area contributed by atoms with Gasteiger partial charge in [0.2, 0.25) is 16.9 Å². The van der Waals surface area contributed by atoms with Gasteiger partial charge in [-0.2, -0.15) is 4.98 Å². The van der Waals surface area contributed by atoms with E-state index < -0.39 is 0 Å². The molecule has 0 fully saturated rings. The molecule has 0 spiro atoms. The van der Waals surface area contributed by atoms with Gasteiger partial charge in [-0.25, -0.2) is 9.37 Å². The molecule has 0 saturated carbocycles. The van der Waals surface area contributed by atoms with Gasteiger partial charge in [-0.15, -0.1) is 5.10 Å². The zero-order valence-corrected chi connectivity index (χ0v) is 13.7. The van der Waals surface area contributed by atoms with Crippen molar-refractivity contribution in [1.82, 2.24) is 25.3 Å². The molecule has 0 amide bonds. The highest BCUT2D eigenvalue weighted by Gasteiger charge is 2.11. The second-order valence-corrected chi connectivity index (χ2v) is 6.08. The molecule has 0 aliphatic heterocycles. The molecule has 0 radical (unpaired) electrons. The number of hydrogen-bond donors (Lipinski definition) is 1. The third kappa shape index (κ3) is 3.58. The average Bonchev–Trinajstić information content (AvgIpc) is 3.31. The summed E-state index contributed by atoms with van der Waals surface area (Å²) < 4.78 is 18.2. The van der Waals surface area contributed by atoms with E-state index in [9.17, 15) is 4.39 Å². The lowest BCUT2D eigenvalue weighted by Gasteiger charge is -1.93. The molecule has 1 N–H and O–H groups in total. The van der Waals surface area contributed by atoms with E-state index in [2.05, 4.69) is 25.3 Å². The van der Waals surface area contributed by atoms with Gasteiger partial charge in [-0.05, 0) is 24.3 Å². The Kier molecular flexibility index (Phi) is 4.26. The molecule has 25 heavy (non-hydrogen) atoms. The Bertz CT molecular complexity index is 968. The number of nitrogens with zero attached hydrogens (tertiary/aromatic N) is 4. The van der Waals surface area contributed by atoms with Crippen molar-refractivity contribution in [3.63, 3.8) is 0 Å². The average molecular weight is 353 g/mol. The van der Waals surface area contributed by atoms with Gasteiger partial charge >= 0.3 is 0 Å². The van der Waals surface area contributed by atoms with Crippen LogP contribution in [0.3, 0.4) is 0 Å². The van der Waals surface area contributed by atoms with Gasteiger partial charge in [0, 0.05) is 11.1 Å². The fourth-order valence-corrected chi connectivity index (χ4v) is 2.83. The fraction of sp³-hybridized carbons (Fsp3) is 0.0588. The topological polar surface area (TPSA) is 80.5 Å². The monoisotopic (exact) mass is 353 g/mol. The number of nitrogens with one attached hydrogen (secondary N) is 1. The Morgan fingerprint density at radius 3 is 2.56 bits per heavy atom. The molecular weight excluding hydrogens is 341 g/mol. The lowest BCUT2D eigenvalue weighted by atomic mass is 10.2. The molecule has 2 aromatic heterocycles. The van der Waals surface area contributed by atoms with Crippen molar-refractivity contribution in [2.24, 2.45) is 0 Å². The van der Waals surface area contributed by atoms with Crippen molar-refractivity contribution in [3.8, 4) is 22.8 Å². The second-order valence-electron chi connectivity index (χ2n) is 5.14. The van der Waals surface area contributed by atoms with Crippen LogP contribution in [0.4, 0.5) is 4.39 Å². The normalized spacial score (nSPS) is 10.9. The maximum atomic E-state index is 13.0. The minimum atomic E-state index is -0.304. The Balaban J connectivity index is 1.42. The minimum absolute atomic E-state index is 0.304. The van der Waals surface area contributed by atoms with Gasteiger partial charge in [-0.1, -0.05) is 47.3 Å². The molecule has 0 aliphatic carbocycles. The zero-order valence-electron chi connectivity index (χ0n) is 12.9. The van der Waals surface area contributed by atoms with E-state index in [1.165, 1.54) is 23.9 Å². The number of halogens is 1. The zero-order chi connectivity index (χ0) is 17.1. The summed E-state index contributed by atoms with van der Waals surface area (Å²) in [5, 5.41) is 11.6. The van der Waals surface area contributed by atoms with Crippen LogP contribution in [0.25, 0.3) is 22.8 Å². The first-order valence-electron chi connectivity index (χ1n) is 7.47. The molecule has 6 nitrogen and oxygen atoms in total. The van der Waals surface area contributed by atoms with Gasteiger partial charge in [-0.3, -0.25) is 5.10 Å². The number of thioether (sulfide) groups is 1. The molecule has 8 heteroatoms. The van der Waals surface area contributed by atoms with E-state index in [4.69, 9.17) is 4.52 Å². The molecule has 4 aromatic rings. The largest absolute Gasteiger partial charge is 0.338 e. The molecular formula is C17H12FN5OS. The number of benzene rings is 2. The van der Waals surface area contributed by atoms with Gasteiger partial charge in [0.15, 0.2) is 5.82 Å². The van der Waals surface area contributed by atoms with Crippen LogP contribution >= 0.6 is 11.8 Å². The smallest absolute Gasteiger partial charge is 0.237 e. The Morgan fingerprint density at radius 2 is 1.76 bits per heavy atom. The van der Waals surface area contributed by atoms with Crippen LogP contribution in [0, 0.1) is 5.82 Å². The van der Waals surface area contributed by atoms with Gasteiger partial charge in [0.05, 0.1) is 5.75 Å². The third-order valence-corrected chi connectivity index (χ3v) is 4.24. The number of hydrogen-bond acceptors (Lipinski definition) is 6. The van der Waals surface area contributed by atoms with Crippen molar-refractivity contribution in [1.29, 1.82) is 0 Å². The van der Waals surface area contributed by atoms with E-state index in [1.807, 2.05) is 30.3 Å². The highest BCUT2D eigenvalue weighted by Crippen LogP contribution is 2.23. The molecule has 2 heterocycles. The molecule has 2 aromatic carbocycles. The number of aromatic amines is 1. The first-order chi connectivity index (χ1) is 12.3. The molecule has 124 valence electrons. The predicted octanol–water partition coefficient (Wildman–Crippen LogP) is 3.95. The lowest BCUT2D eigenvalue weighted by Crippen LogP contribution is -1.84. The number of aromatic nitrogens is 5. The van der Waals surface area contributed by atoms with Crippen LogP contribution in [0.5, 0.6) is 0 Å². The van der Waals surface area contributed by atoms with E-state index >= 15 is 0 Å². The molecule has 0 bridgehead atoms. The lowest BCUT2D eigenvalue weighted by molar-refractivity contribution is 0.391. The van der Waals surface area contributed by atoms with Crippen molar-refractivity contribution in [2.45, 2.75) is 10.9 Å². The Labute approximate surface area is 146 Å². The Hall–Kier alpha value is -3.00. The highest BCUT2D eigenvalue weighted by molar-refractivity contribution is 7.98. The van der Waals surface area contributed by atoms with Crippen molar-refractivity contribution >= 4 is 11.8 Å². The summed E-state index contributed by atoms with van der Waals surface area (Å²) in [4.78, 5) is 8.74. The standard InChI is InChI=1S/C17H12FN5OS/c18-13-8-6-12(7-9-13)16-19-14(24-23-16)10-25-17-20-15(21-22-17)11-4-2-1-3-5-11/h1-9H,10H2,(H,20,21,22). The number of rotatable bonds is 5. The first-order valence-corrected chi connectivity index (χ1v) is 8.45. The molecule has 0 saturated heterocycles. The highest BCUT2D eigenvalue weighted by atomic mass is 32.2. The third-order valence-electron chi connectivity index (χ3n) is 3.41. The summed E-state index contributed by atoms with van der Waals surface area (Å²) in [7, 11) is 0. The molecule has 0 atom stereocenters. The van der Waals surface area contributed by atoms with Gasteiger partial charge in [0.1, 0.15) is 5.82 Å². The van der Waals surface area contributed by atoms with Crippen LogP contribution in [0.2, 0.25) is 0 Å². The Morgan fingerprint density at radius 1 is 0.960 bits per heavy atom. The van der Waals surface area contributed by atoms with E-state index in [0.29, 0.717) is 34.0 Å². The van der Waals surface area contributed by atoms with E-state index in [-0.39, 0.29) is 5.82 Å². The molecule has 4 rings (SSSR count). The second kappa shape index (κ2) is 6.86. The summed E-state index contributed by atoms with van der Waals surface area (Å²) >= 11 is 1.39. The van der Waals surface area contributed by atoms with E-state index in [1.54, 1.807) is 12.1 Å². The minimum Gasteiger partial charge on any atom is -0.338 e. The van der Waals surface area contributed by atoms with Crippen molar-refractivity contribution in [3.05, 3.63) is 66.3 Å². The van der Waals surface area contributed by atoms with Crippen LogP contribution in [-0.4, -0.2) is 25.3 Å². The quantitative estimate of drug-likeness (QED) is 0.547. The summed E-state index contributed by atoms with van der Waals surface area (Å²) in [6, 6.07) is 15.7. The van der Waals surface area contributed by atoms with Crippen molar-refractivity contribution in [2.75, 3.05) is 0 Å². The fourth-order valence-electron chi connectivity index (χ4n) is 2.19. The SMILES string of the molecule is Fc1ccc(-c2noc(CSc3n[nH]c(-c4ccccc4)n3)n2)cc1. The maximum absolute atomic E-state index is 13.0. The molecule has 0 unspecified atom stereocenters. The van der Waals surface area contributed by atoms with Crippen LogP contribution in [0.1, 0.15) is 5.89 Å². The van der Waals surface area contributed by atoms with E-state index in [0.717, 1.165) is 5.56 Å². The number of H-pyrrole nitrogens is 1.